The maximum Gasteiger partial charge on any atom is 0.346 e. The van der Waals surface area contributed by atoms with E-state index in [1.54, 1.807) is 38.3 Å². The Balaban J connectivity index is 1.52. The van der Waals surface area contributed by atoms with Gasteiger partial charge in [-0.05, 0) is 41.3 Å². The molecule has 0 radical (unpaired) electrons. The summed E-state index contributed by atoms with van der Waals surface area (Å²) in [5.41, 5.74) is 2.46. The molecule has 0 saturated carbocycles. The number of hydrazone groups is 1. The Kier molecular flexibility index (Phi) is 5.06. The number of carbonyl (C=O) groups is 2. The van der Waals surface area contributed by atoms with Crippen LogP contribution in [0.2, 0.25) is 0 Å². The van der Waals surface area contributed by atoms with Gasteiger partial charge in [0, 0.05) is 0 Å². The second-order valence-electron chi connectivity index (χ2n) is 7.13. The van der Waals surface area contributed by atoms with Crippen LogP contribution in [0.5, 0.6) is 5.75 Å². The second-order valence-corrected chi connectivity index (χ2v) is 7.13. The number of nitrogens with zero attached hydrogens (tertiary/aromatic N) is 2. The van der Waals surface area contributed by atoms with Gasteiger partial charge in [0.1, 0.15) is 11.3 Å². The van der Waals surface area contributed by atoms with Crippen molar-refractivity contribution in [2.24, 2.45) is 5.10 Å². The fourth-order valence-electron chi connectivity index (χ4n) is 3.37. The van der Waals surface area contributed by atoms with Gasteiger partial charge in [0.2, 0.25) is 0 Å². The molecule has 150 valence electrons. The molecule has 6 heteroatoms. The summed E-state index contributed by atoms with van der Waals surface area (Å²) in [6.07, 6.45) is 1.51. The van der Waals surface area contributed by atoms with Crippen LogP contribution in [0.15, 0.2) is 84.0 Å². The number of methoxy groups -OCH3 is 1. The molecule has 0 aliphatic carbocycles. The number of carbonyl (C=O) groups excluding carboxylic acids is 2. The van der Waals surface area contributed by atoms with Gasteiger partial charge in [0.15, 0.2) is 0 Å². The third kappa shape index (κ3) is 3.55. The molecule has 1 aliphatic heterocycles. The SMILES string of the molecule is COc1ccc([C@@]2(C)NC(=O)N(/N=C\c3ccc(-c4ccccc4)cc3)C2=O)cc1. The molecule has 3 amide bonds. The van der Waals surface area contributed by atoms with Crippen LogP contribution in [0.1, 0.15) is 18.1 Å². The lowest BCUT2D eigenvalue weighted by atomic mass is 9.92. The molecule has 1 N–H and O–H groups in total. The molecule has 1 atom stereocenters. The Morgan fingerprint density at radius 2 is 1.53 bits per heavy atom. The number of imide groups is 1. The van der Waals surface area contributed by atoms with Crippen LogP contribution in [0.4, 0.5) is 4.79 Å². The molecule has 0 unspecified atom stereocenters. The molecule has 0 spiro atoms. The Labute approximate surface area is 174 Å². The van der Waals surface area contributed by atoms with Crippen molar-refractivity contribution in [2.75, 3.05) is 7.11 Å². The van der Waals surface area contributed by atoms with Crippen molar-refractivity contribution >= 4 is 18.2 Å². The lowest BCUT2D eigenvalue weighted by Crippen LogP contribution is -2.40. The topological polar surface area (TPSA) is 71.0 Å². The molecule has 1 aliphatic rings. The lowest BCUT2D eigenvalue weighted by Gasteiger charge is -2.21. The third-order valence-corrected chi connectivity index (χ3v) is 5.18. The zero-order valence-corrected chi connectivity index (χ0v) is 16.7. The highest BCUT2D eigenvalue weighted by Gasteiger charge is 2.49. The molecule has 0 bridgehead atoms. The number of hydrogen-bond acceptors (Lipinski definition) is 4. The molecule has 4 rings (SSSR count). The first-order valence-electron chi connectivity index (χ1n) is 9.52. The summed E-state index contributed by atoms with van der Waals surface area (Å²) in [5.74, 6) is 0.239. The summed E-state index contributed by atoms with van der Waals surface area (Å²) in [6, 6.07) is 24.2. The van der Waals surface area contributed by atoms with E-state index < -0.39 is 17.5 Å². The Bertz CT molecular complexity index is 1090. The van der Waals surface area contributed by atoms with Gasteiger partial charge in [-0.3, -0.25) is 4.79 Å². The molecule has 30 heavy (non-hydrogen) atoms. The van der Waals surface area contributed by atoms with Gasteiger partial charge < -0.3 is 10.1 Å². The predicted octanol–water partition coefficient (Wildman–Crippen LogP) is 4.16. The number of amides is 3. The smallest absolute Gasteiger partial charge is 0.346 e. The summed E-state index contributed by atoms with van der Waals surface area (Å²) < 4.78 is 5.15. The molecule has 3 aromatic carbocycles. The van der Waals surface area contributed by atoms with Crippen LogP contribution in [-0.2, 0) is 10.3 Å². The van der Waals surface area contributed by atoms with E-state index in [4.69, 9.17) is 4.74 Å². The zero-order chi connectivity index (χ0) is 21.1. The van der Waals surface area contributed by atoms with E-state index in [9.17, 15) is 9.59 Å². The molecular weight excluding hydrogens is 378 g/mol. The highest BCUT2D eigenvalue weighted by molar-refractivity contribution is 6.07. The number of nitrogens with one attached hydrogen (secondary N) is 1. The maximum atomic E-state index is 13.0. The first-order chi connectivity index (χ1) is 14.5. The van der Waals surface area contributed by atoms with Crippen molar-refractivity contribution in [2.45, 2.75) is 12.5 Å². The van der Waals surface area contributed by atoms with Gasteiger partial charge in [0.05, 0.1) is 13.3 Å². The minimum absolute atomic E-state index is 0.435. The van der Waals surface area contributed by atoms with E-state index in [2.05, 4.69) is 10.4 Å². The van der Waals surface area contributed by atoms with E-state index in [1.165, 1.54) is 6.21 Å². The van der Waals surface area contributed by atoms with Crippen LogP contribution in [0.3, 0.4) is 0 Å². The summed E-state index contributed by atoms with van der Waals surface area (Å²) in [6.45, 7) is 1.67. The second kappa shape index (κ2) is 7.83. The molecule has 1 saturated heterocycles. The monoisotopic (exact) mass is 399 g/mol. The molecule has 1 heterocycles. The quantitative estimate of drug-likeness (QED) is 0.517. The average Bonchev–Trinajstić information content (AvgIpc) is 3.02. The first kappa shape index (κ1) is 19.4. The number of urea groups is 1. The van der Waals surface area contributed by atoms with Crippen molar-refractivity contribution in [3.05, 3.63) is 90.0 Å². The van der Waals surface area contributed by atoms with E-state index in [-0.39, 0.29) is 0 Å². The van der Waals surface area contributed by atoms with Gasteiger partial charge in [-0.1, -0.05) is 66.7 Å². The van der Waals surface area contributed by atoms with E-state index in [0.29, 0.717) is 11.3 Å². The van der Waals surface area contributed by atoms with Gasteiger partial charge in [-0.15, -0.1) is 5.01 Å². The normalized spacial score (nSPS) is 18.7. The summed E-state index contributed by atoms with van der Waals surface area (Å²) in [7, 11) is 1.57. The van der Waals surface area contributed by atoms with Gasteiger partial charge >= 0.3 is 6.03 Å². The fraction of sp³-hybridized carbons (Fsp3) is 0.125. The highest BCUT2D eigenvalue weighted by Crippen LogP contribution is 2.30. The lowest BCUT2D eigenvalue weighted by molar-refractivity contribution is -0.131. The van der Waals surface area contributed by atoms with Gasteiger partial charge in [-0.2, -0.15) is 5.10 Å². The van der Waals surface area contributed by atoms with Gasteiger partial charge in [0.25, 0.3) is 5.91 Å². The zero-order valence-electron chi connectivity index (χ0n) is 16.7. The number of rotatable bonds is 5. The summed E-state index contributed by atoms with van der Waals surface area (Å²) in [5, 5.41) is 7.74. The fourth-order valence-corrected chi connectivity index (χ4v) is 3.37. The van der Waals surface area contributed by atoms with Crippen molar-refractivity contribution in [3.63, 3.8) is 0 Å². The molecular formula is C24H21N3O3. The first-order valence-corrected chi connectivity index (χ1v) is 9.52. The Morgan fingerprint density at radius 3 is 2.17 bits per heavy atom. The van der Waals surface area contributed by atoms with Crippen LogP contribution in [-0.4, -0.2) is 30.3 Å². The largest absolute Gasteiger partial charge is 0.497 e. The summed E-state index contributed by atoms with van der Waals surface area (Å²) in [4.78, 5) is 25.4. The van der Waals surface area contributed by atoms with Crippen LogP contribution in [0.25, 0.3) is 11.1 Å². The molecule has 6 nitrogen and oxygen atoms in total. The van der Waals surface area contributed by atoms with Crippen molar-refractivity contribution in [1.29, 1.82) is 0 Å². The van der Waals surface area contributed by atoms with Crippen LogP contribution < -0.4 is 10.1 Å². The third-order valence-electron chi connectivity index (χ3n) is 5.18. The van der Waals surface area contributed by atoms with Crippen molar-refractivity contribution in [1.82, 2.24) is 10.3 Å². The van der Waals surface area contributed by atoms with E-state index >= 15 is 0 Å². The van der Waals surface area contributed by atoms with Crippen molar-refractivity contribution < 1.29 is 14.3 Å². The minimum Gasteiger partial charge on any atom is -0.497 e. The maximum absolute atomic E-state index is 13.0. The molecule has 0 aromatic heterocycles. The number of benzene rings is 3. The molecule has 3 aromatic rings. The standard InChI is InChI=1S/C24H21N3O3/c1-24(20-12-14-21(30-2)15-13-20)22(28)27(23(29)26-24)25-16-17-8-10-19(11-9-17)18-6-4-3-5-7-18/h3-16H,1-2H3,(H,26,29)/b25-16-/t24-/m1/s1. The molecule has 1 fully saturated rings. The van der Waals surface area contributed by atoms with Crippen LogP contribution >= 0.6 is 0 Å². The number of ether oxygens (including phenoxy) is 1. The summed E-state index contributed by atoms with van der Waals surface area (Å²) >= 11 is 0. The predicted molar refractivity (Wildman–Crippen MR) is 115 cm³/mol. The van der Waals surface area contributed by atoms with Crippen molar-refractivity contribution in [3.8, 4) is 16.9 Å². The van der Waals surface area contributed by atoms with Crippen LogP contribution in [0, 0.1) is 0 Å². The number of hydrogen-bond donors (Lipinski definition) is 1. The Morgan fingerprint density at radius 1 is 0.900 bits per heavy atom. The highest BCUT2D eigenvalue weighted by atomic mass is 16.5. The minimum atomic E-state index is -1.18. The van der Waals surface area contributed by atoms with E-state index in [0.717, 1.165) is 21.7 Å². The Hall–Kier alpha value is -3.93. The van der Waals surface area contributed by atoms with Gasteiger partial charge in [-0.25, -0.2) is 4.79 Å². The average molecular weight is 399 g/mol. The van der Waals surface area contributed by atoms with E-state index in [1.807, 2.05) is 54.6 Å².